The van der Waals surface area contributed by atoms with Gasteiger partial charge in [0.1, 0.15) is 18.1 Å². The molecule has 3 rings (SSSR count). The van der Waals surface area contributed by atoms with Crippen LogP contribution in [0.3, 0.4) is 0 Å². The Bertz CT molecular complexity index is 837. The monoisotopic (exact) mass is 382 g/mol. The van der Waals surface area contributed by atoms with Crippen molar-refractivity contribution in [2.45, 2.75) is 20.3 Å². The number of nitrogens with zero attached hydrogens (tertiary/aromatic N) is 1. The predicted octanol–water partition coefficient (Wildman–Crippen LogP) is 2.94. The van der Waals surface area contributed by atoms with Crippen molar-refractivity contribution >= 4 is 17.5 Å². The lowest BCUT2D eigenvalue weighted by Gasteiger charge is -2.20. The second-order valence-electron chi connectivity index (χ2n) is 6.71. The Kier molecular flexibility index (Phi) is 6.53. The number of carbonyl (C=O) groups is 2. The third-order valence-electron chi connectivity index (χ3n) is 4.70. The Labute approximate surface area is 165 Å². The van der Waals surface area contributed by atoms with E-state index >= 15 is 0 Å². The summed E-state index contributed by atoms with van der Waals surface area (Å²) in [5, 5.41) is 2.87. The molecule has 0 spiro atoms. The van der Waals surface area contributed by atoms with E-state index in [9.17, 15) is 9.59 Å². The highest BCUT2D eigenvalue weighted by atomic mass is 16.5. The van der Waals surface area contributed by atoms with Crippen LogP contribution in [0.25, 0.3) is 0 Å². The van der Waals surface area contributed by atoms with E-state index < -0.39 is 0 Å². The molecule has 6 nitrogen and oxygen atoms in total. The zero-order valence-electron chi connectivity index (χ0n) is 16.3. The van der Waals surface area contributed by atoms with E-state index in [0.29, 0.717) is 37.7 Å². The summed E-state index contributed by atoms with van der Waals surface area (Å²) < 4.78 is 11.3. The molecule has 148 valence electrons. The molecule has 1 unspecified atom stereocenters. The summed E-state index contributed by atoms with van der Waals surface area (Å²) in [6, 6.07) is 15.2. The number of para-hydroxylation sites is 3. The van der Waals surface area contributed by atoms with E-state index in [-0.39, 0.29) is 24.2 Å². The first-order valence-corrected chi connectivity index (χ1v) is 9.58. The molecule has 1 fully saturated rings. The number of hydrogen-bond acceptors (Lipinski definition) is 4. The molecule has 1 aliphatic heterocycles. The summed E-state index contributed by atoms with van der Waals surface area (Å²) in [4.78, 5) is 26.6. The molecule has 0 saturated carbocycles. The largest absolute Gasteiger partial charge is 0.492 e. The summed E-state index contributed by atoms with van der Waals surface area (Å²) in [5.41, 5.74) is 1.77. The highest BCUT2D eigenvalue weighted by Crippen LogP contribution is 2.33. The van der Waals surface area contributed by atoms with Crippen molar-refractivity contribution in [1.29, 1.82) is 0 Å². The van der Waals surface area contributed by atoms with Crippen LogP contribution < -0.4 is 19.7 Å². The fourth-order valence-corrected chi connectivity index (χ4v) is 3.27. The normalized spacial score (nSPS) is 16.1. The fourth-order valence-electron chi connectivity index (χ4n) is 3.27. The molecule has 0 bridgehead atoms. The molecule has 1 aliphatic rings. The van der Waals surface area contributed by atoms with Crippen LogP contribution in [0.2, 0.25) is 0 Å². The topological polar surface area (TPSA) is 67.9 Å². The Hall–Kier alpha value is -3.02. The number of anilines is 1. The predicted molar refractivity (Wildman–Crippen MR) is 108 cm³/mol. The van der Waals surface area contributed by atoms with Gasteiger partial charge in [0.25, 0.3) is 0 Å². The average molecular weight is 382 g/mol. The van der Waals surface area contributed by atoms with Crippen molar-refractivity contribution in [3.63, 3.8) is 0 Å². The molecule has 0 radical (unpaired) electrons. The van der Waals surface area contributed by atoms with Gasteiger partial charge in [0.05, 0.1) is 24.8 Å². The van der Waals surface area contributed by atoms with Crippen molar-refractivity contribution in [2.75, 3.05) is 31.2 Å². The molecule has 0 aromatic heterocycles. The van der Waals surface area contributed by atoms with Gasteiger partial charge in [-0.25, -0.2) is 0 Å². The number of aryl methyl sites for hydroxylation is 1. The maximum atomic E-state index is 12.5. The third kappa shape index (κ3) is 4.63. The Morgan fingerprint density at radius 3 is 2.57 bits per heavy atom. The van der Waals surface area contributed by atoms with E-state index in [2.05, 4.69) is 5.32 Å². The minimum atomic E-state index is -0.374. The van der Waals surface area contributed by atoms with Crippen LogP contribution in [0.1, 0.15) is 18.9 Å². The van der Waals surface area contributed by atoms with Crippen molar-refractivity contribution in [3.8, 4) is 11.5 Å². The molecule has 1 atom stereocenters. The van der Waals surface area contributed by atoms with Crippen LogP contribution in [0, 0.1) is 12.8 Å². The summed E-state index contributed by atoms with van der Waals surface area (Å²) in [6.45, 7) is 5.53. The Balaban J connectivity index is 1.52. The number of nitrogens with one attached hydrogen (secondary N) is 1. The van der Waals surface area contributed by atoms with Crippen molar-refractivity contribution in [2.24, 2.45) is 5.92 Å². The van der Waals surface area contributed by atoms with Crippen LogP contribution in [0.15, 0.2) is 48.5 Å². The highest BCUT2D eigenvalue weighted by molar-refractivity contribution is 6.01. The molecule has 2 aromatic carbocycles. The van der Waals surface area contributed by atoms with Crippen LogP contribution >= 0.6 is 0 Å². The molecule has 2 aromatic rings. The van der Waals surface area contributed by atoms with E-state index in [1.807, 2.05) is 62.4 Å². The van der Waals surface area contributed by atoms with Crippen LogP contribution in [-0.4, -0.2) is 38.1 Å². The number of hydrogen-bond donors (Lipinski definition) is 1. The molecular formula is C22H26N2O4. The van der Waals surface area contributed by atoms with Crippen LogP contribution in [0.4, 0.5) is 5.69 Å². The van der Waals surface area contributed by atoms with Crippen LogP contribution in [-0.2, 0) is 9.59 Å². The number of rotatable bonds is 8. The summed E-state index contributed by atoms with van der Waals surface area (Å²) in [6.07, 6.45) is 0.199. The smallest absolute Gasteiger partial charge is 0.227 e. The van der Waals surface area contributed by atoms with Crippen molar-refractivity contribution < 1.29 is 19.1 Å². The average Bonchev–Trinajstić information content (AvgIpc) is 3.09. The van der Waals surface area contributed by atoms with Crippen molar-refractivity contribution in [3.05, 3.63) is 54.1 Å². The number of carbonyl (C=O) groups excluding carboxylic acids is 2. The minimum Gasteiger partial charge on any atom is -0.492 e. The fraction of sp³-hybridized carbons (Fsp3) is 0.364. The van der Waals surface area contributed by atoms with E-state index in [0.717, 1.165) is 11.3 Å². The zero-order valence-corrected chi connectivity index (χ0v) is 16.3. The van der Waals surface area contributed by atoms with E-state index in [4.69, 9.17) is 9.47 Å². The molecule has 6 heteroatoms. The molecule has 1 saturated heterocycles. The van der Waals surface area contributed by atoms with Gasteiger partial charge in [-0.3, -0.25) is 9.59 Å². The summed E-state index contributed by atoms with van der Waals surface area (Å²) in [5.74, 6) is 0.903. The van der Waals surface area contributed by atoms with Gasteiger partial charge in [-0.15, -0.1) is 0 Å². The van der Waals surface area contributed by atoms with Crippen molar-refractivity contribution in [1.82, 2.24) is 5.32 Å². The molecule has 1 heterocycles. The summed E-state index contributed by atoms with van der Waals surface area (Å²) >= 11 is 0. The first-order valence-electron chi connectivity index (χ1n) is 9.58. The Morgan fingerprint density at radius 2 is 1.82 bits per heavy atom. The van der Waals surface area contributed by atoms with Crippen LogP contribution in [0.5, 0.6) is 11.5 Å². The highest BCUT2D eigenvalue weighted by Gasteiger charge is 2.36. The van der Waals surface area contributed by atoms with Gasteiger partial charge in [0.2, 0.25) is 11.8 Å². The van der Waals surface area contributed by atoms with Gasteiger partial charge in [-0.1, -0.05) is 30.3 Å². The molecular weight excluding hydrogens is 356 g/mol. The lowest BCUT2D eigenvalue weighted by atomic mass is 10.1. The van der Waals surface area contributed by atoms with Gasteiger partial charge in [0, 0.05) is 13.0 Å². The maximum absolute atomic E-state index is 12.5. The minimum absolute atomic E-state index is 0.0662. The third-order valence-corrected chi connectivity index (χ3v) is 4.70. The molecule has 0 aliphatic carbocycles. The van der Waals surface area contributed by atoms with Gasteiger partial charge in [-0.05, 0) is 37.6 Å². The summed E-state index contributed by atoms with van der Waals surface area (Å²) in [7, 11) is 0. The molecule has 1 N–H and O–H groups in total. The van der Waals surface area contributed by atoms with Gasteiger partial charge >= 0.3 is 0 Å². The maximum Gasteiger partial charge on any atom is 0.227 e. The lowest BCUT2D eigenvalue weighted by Crippen LogP contribution is -2.35. The van der Waals surface area contributed by atoms with Gasteiger partial charge in [0.15, 0.2) is 0 Å². The second kappa shape index (κ2) is 9.26. The molecule has 28 heavy (non-hydrogen) atoms. The number of amides is 2. The molecule has 2 amide bonds. The van der Waals surface area contributed by atoms with Gasteiger partial charge < -0.3 is 19.7 Å². The van der Waals surface area contributed by atoms with E-state index in [1.54, 1.807) is 4.90 Å². The Morgan fingerprint density at radius 1 is 1.11 bits per heavy atom. The second-order valence-corrected chi connectivity index (χ2v) is 6.71. The van der Waals surface area contributed by atoms with Gasteiger partial charge in [-0.2, -0.15) is 0 Å². The number of ether oxygens (including phenoxy) is 2. The standard InChI is InChI=1S/C22H26N2O4/c1-3-27-20-11-7-5-9-18(20)24-15-17(14-21(24)25)22(26)23-12-13-28-19-10-6-4-8-16(19)2/h4-11,17H,3,12-15H2,1-2H3,(H,23,26). The lowest BCUT2D eigenvalue weighted by molar-refractivity contribution is -0.126. The first kappa shape index (κ1) is 19.7. The zero-order chi connectivity index (χ0) is 19.9. The number of benzene rings is 2. The quantitative estimate of drug-likeness (QED) is 0.713. The van der Waals surface area contributed by atoms with E-state index in [1.165, 1.54) is 0 Å². The first-order chi connectivity index (χ1) is 13.6. The SMILES string of the molecule is CCOc1ccccc1N1CC(C(=O)NCCOc2ccccc2C)CC1=O.